The van der Waals surface area contributed by atoms with E-state index < -0.39 is 11.9 Å². The standard InChI is InChI=1S/C22H26INO5/c1-6-29-21(27)17-11(2)24-14-9-22(3,4)10-15(25)19(14)18(17)12-7-13(23)20(26)16(8-12)28-5/h7-8,18,24,26H,6,9-10H2,1-5H3/t18-/m1/s1. The maximum absolute atomic E-state index is 13.2. The fourth-order valence-corrected chi connectivity index (χ4v) is 4.79. The molecule has 156 valence electrons. The molecule has 29 heavy (non-hydrogen) atoms. The van der Waals surface area contributed by atoms with Gasteiger partial charge in [-0.3, -0.25) is 4.79 Å². The van der Waals surface area contributed by atoms with Gasteiger partial charge in [0, 0.05) is 29.3 Å². The molecule has 6 nitrogen and oxygen atoms in total. The van der Waals surface area contributed by atoms with Crippen molar-refractivity contribution in [1.29, 1.82) is 0 Å². The molecule has 0 bridgehead atoms. The maximum atomic E-state index is 13.2. The van der Waals surface area contributed by atoms with Gasteiger partial charge in [0.25, 0.3) is 0 Å². The van der Waals surface area contributed by atoms with E-state index in [0.29, 0.717) is 44.6 Å². The summed E-state index contributed by atoms with van der Waals surface area (Å²) in [6.07, 6.45) is 1.12. The van der Waals surface area contributed by atoms with Crippen LogP contribution in [0.4, 0.5) is 0 Å². The summed E-state index contributed by atoms with van der Waals surface area (Å²) < 4.78 is 11.2. The minimum Gasteiger partial charge on any atom is -0.504 e. The van der Waals surface area contributed by atoms with Gasteiger partial charge in [0.05, 0.1) is 22.9 Å². The smallest absolute Gasteiger partial charge is 0.336 e. The number of dihydropyridines is 1. The molecule has 0 spiro atoms. The summed E-state index contributed by atoms with van der Waals surface area (Å²) in [7, 11) is 1.48. The molecule has 0 fully saturated rings. The molecule has 7 heteroatoms. The summed E-state index contributed by atoms with van der Waals surface area (Å²) in [6.45, 7) is 7.96. The van der Waals surface area contributed by atoms with E-state index in [9.17, 15) is 14.7 Å². The molecular weight excluding hydrogens is 485 g/mol. The average molecular weight is 511 g/mol. The Hall–Kier alpha value is -2.03. The number of Topliss-reactive ketones (excluding diaryl/α,β-unsaturated/α-hetero) is 1. The van der Waals surface area contributed by atoms with Crippen LogP contribution in [-0.2, 0) is 14.3 Å². The Kier molecular flexibility index (Phi) is 5.98. The van der Waals surface area contributed by atoms with E-state index in [1.54, 1.807) is 19.1 Å². The third kappa shape index (κ3) is 4.01. The first-order valence-corrected chi connectivity index (χ1v) is 10.6. The highest BCUT2D eigenvalue weighted by Crippen LogP contribution is 2.48. The Morgan fingerprint density at radius 3 is 2.66 bits per heavy atom. The molecule has 0 aromatic heterocycles. The van der Waals surface area contributed by atoms with Crippen LogP contribution in [0.2, 0.25) is 0 Å². The van der Waals surface area contributed by atoms with Crippen LogP contribution in [0.3, 0.4) is 0 Å². The van der Waals surface area contributed by atoms with Gasteiger partial charge in [-0.1, -0.05) is 13.8 Å². The van der Waals surface area contributed by atoms with Crippen molar-refractivity contribution >= 4 is 34.3 Å². The second-order valence-corrected chi connectivity index (χ2v) is 9.37. The average Bonchev–Trinajstić information content (AvgIpc) is 2.61. The zero-order chi connectivity index (χ0) is 21.5. The molecule has 0 amide bonds. The number of phenolic OH excluding ortho intramolecular Hbond substituents is 1. The van der Waals surface area contributed by atoms with Crippen LogP contribution in [0.1, 0.15) is 52.0 Å². The molecular formula is C22H26INO5. The number of hydrogen-bond donors (Lipinski definition) is 2. The van der Waals surface area contributed by atoms with E-state index in [0.717, 1.165) is 5.70 Å². The quantitative estimate of drug-likeness (QED) is 0.467. The van der Waals surface area contributed by atoms with Gasteiger partial charge in [0.1, 0.15) is 0 Å². The summed E-state index contributed by atoms with van der Waals surface area (Å²) >= 11 is 2.02. The molecule has 0 saturated heterocycles. The lowest BCUT2D eigenvalue weighted by atomic mass is 9.68. The third-order valence-electron chi connectivity index (χ3n) is 5.34. The van der Waals surface area contributed by atoms with Crippen molar-refractivity contribution in [2.24, 2.45) is 5.41 Å². The number of rotatable bonds is 4. The summed E-state index contributed by atoms with van der Waals surface area (Å²) in [6, 6.07) is 3.48. The van der Waals surface area contributed by atoms with Crippen molar-refractivity contribution in [2.45, 2.75) is 46.5 Å². The van der Waals surface area contributed by atoms with Gasteiger partial charge in [-0.05, 0) is 66.0 Å². The predicted molar refractivity (Wildman–Crippen MR) is 118 cm³/mol. The summed E-state index contributed by atoms with van der Waals surface area (Å²) in [5.41, 5.74) is 3.11. The number of allylic oxidation sites excluding steroid dienone is 3. The number of hydrogen-bond acceptors (Lipinski definition) is 6. The molecule has 1 aliphatic carbocycles. The van der Waals surface area contributed by atoms with Crippen molar-refractivity contribution in [3.8, 4) is 11.5 Å². The van der Waals surface area contributed by atoms with E-state index in [1.807, 2.05) is 29.5 Å². The van der Waals surface area contributed by atoms with E-state index in [-0.39, 0.29) is 23.6 Å². The minimum atomic E-state index is -0.572. The van der Waals surface area contributed by atoms with Crippen molar-refractivity contribution < 1.29 is 24.2 Å². The van der Waals surface area contributed by atoms with E-state index in [1.165, 1.54) is 7.11 Å². The van der Waals surface area contributed by atoms with Gasteiger partial charge in [-0.25, -0.2) is 4.79 Å². The number of carbonyl (C=O) groups is 2. The number of ketones is 1. The van der Waals surface area contributed by atoms with Gasteiger partial charge >= 0.3 is 5.97 Å². The largest absolute Gasteiger partial charge is 0.504 e. The van der Waals surface area contributed by atoms with Gasteiger partial charge in [-0.2, -0.15) is 0 Å². The first kappa shape index (κ1) is 21.7. The van der Waals surface area contributed by atoms with E-state index >= 15 is 0 Å². The van der Waals surface area contributed by atoms with Crippen molar-refractivity contribution in [3.63, 3.8) is 0 Å². The molecule has 1 aliphatic heterocycles. The van der Waals surface area contributed by atoms with Crippen LogP contribution in [0.5, 0.6) is 11.5 Å². The minimum absolute atomic E-state index is 0.0186. The van der Waals surface area contributed by atoms with Crippen LogP contribution < -0.4 is 10.1 Å². The second kappa shape index (κ2) is 8.01. The van der Waals surface area contributed by atoms with Gasteiger partial charge in [0.15, 0.2) is 17.3 Å². The normalized spacial score (nSPS) is 20.9. The SMILES string of the molecule is CCOC(=O)C1=C(C)NC2=C(C(=O)CC(C)(C)C2)[C@@H]1c1cc(I)c(O)c(OC)c1. The summed E-state index contributed by atoms with van der Waals surface area (Å²) in [5, 5.41) is 13.6. The monoisotopic (exact) mass is 511 g/mol. The van der Waals surface area contributed by atoms with Crippen molar-refractivity contribution in [1.82, 2.24) is 5.32 Å². The Morgan fingerprint density at radius 2 is 2.03 bits per heavy atom. The molecule has 0 radical (unpaired) electrons. The molecule has 1 heterocycles. The molecule has 1 aromatic carbocycles. The molecule has 0 saturated carbocycles. The number of methoxy groups -OCH3 is 1. The number of ether oxygens (including phenoxy) is 2. The van der Waals surface area contributed by atoms with Gasteiger partial charge in [-0.15, -0.1) is 0 Å². The summed E-state index contributed by atoms with van der Waals surface area (Å²) in [4.78, 5) is 26.1. The zero-order valence-electron chi connectivity index (χ0n) is 17.3. The number of carbonyl (C=O) groups excluding carboxylic acids is 2. The lowest BCUT2D eigenvalue weighted by molar-refractivity contribution is -0.138. The molecule has 1 atom stereocenters. The Morgan fingerprint density at radius 1 is 1.34 bits per heavy atom. The van der Waals surface area contributed by atoms with Crippen LogP contribution >= 0.6 is 22.6 Å². The van der Waals surface area contributed by atoms with Crippen molar-refractivity contribution in [3.05, 3.63) is 43.8 Å². The summed E-state index contributed by atoms with van der Waals surface area (Å²) in [5.74, 6) is -0.665. The lowest BCUT2D eigenvalue weighted by Crippen LogP contribution is -2.38. The highest BCUT2D eigenvalue weighted by molar-refractivity contribution is 14.1. The fraction of sp³-hybridized carbons (Fsp3) is 0.455. The molecule has 3 rings (SSSR count). The first-order valence-electron chi connectivity index (χ1n) is 9.57. The topological polar surface area (TPSA) is 84.9 Å². The lowest BCUT2D eigenvalue weighted by Gasteiger charge is -2.39. The number of aromatic hydroxyl groups is 1. The number of nitrogens with one attached hydrogen (secondary N) is 1. The van der Waals surface area contributed by atoms with Crippen molar-refractivity contribution in [2.75, 3.05) is 13.7 Å². The third-order valence-corrected chi connectivity index (χ3v) is 6.16. The first-order chi connectivity index (χ1) is 13.6. The van der Waals surface area contributed by atoms with Gasteiger partial charge in [0.2, 0.25) is 0 Å². The Labute approximate surface area is 184 Å². The zero-order valence-corrected chi connectivity index (χ0v) is 19.5. The number of phenols is 1. The number of benzene rings is 1. The fourth-order valence-electron chi connectivity index (χ4n) is 4.16. The predicted octanol–water partition coefficient (Wildman–Crippen LogP) is 4.17. The Balaban J connectivity index is 2.25. The second-order valence-electron chi connectivity index (χ2n) is 8.20. The number of esters is 1. The van der Waals surface area contributed by atoms with Crippen LogP contribution in [0, 0.1) is 8.99 Å². The molecule has 2 N–H and O–H groups in total. The van der Waals surface area contributed by atoms with E-state index in [4.69, 9.17) is 9.47 Å². The van der Waals surface area contributed by atoms with Gasteiger partial charge < -0.3 is 19.9 Å². The van der Waals surface area contributed by atoms with Crippen LogP contribution in [0.25, 0.3) is 0 Å². The Bertz CT molecular complexity index is 945. The van der Waals surface area contributed by atoms with E-state index in [2.05, 4.69) is 19.2 Å². The molecule has 1 aromatic rings. The van der Waals surface area contributed by atoms with Crippen LogP contribution in [-0.4, -0.2) is 30.6 Å². The molecule has 2 aliphatic rings. The maximum Gasteiger partial charge on any atom is 0.336 e. The van der Waals surface area contributed by atoms with Crippen LogP contribution in [0.15, 0.2) is 34.7 Å². The highest BCUT2D eigenvalue weighted by Gasteiger charge is 2.43. The number of halogens is 1. The highest BCUT2D eigenvalue weighted by atomic mass is 127. The molecule has 0 unspecified atom stereocenters.